The number of nitrogens with two attached hydrogens (primary N) is 2. The van der Waals surface area contributed by atoms with E-state index in [1.165, 1.54) is 11.3 Å². The summed E-state index contributed by atoms with van der Waals surface area (Å²) in [5.74, 6) is -0.225. The fourth-order valence-electron chi connectivity index (χ4n) is 7.08. The molecule has 1 amide bonds. The third-order valence-corrected chi connectivity index (χ3v) is 10.8. The molecule has 2 aromatic rings. The van der Waals surface area contributed by atoms with E-state index in [0.717, 1.165) is 37.1 Å². The second-order valence-electron chi connectivity index (χ2n) is 14.7. The fourth-order valence-corrected chi connectivity index (χ4v) is 8.27. The van der Waals surface area contributed by atoms with Gasteiger partial charge in [0.2, 0.25) is 0 Å². The number of oxime groups is 1. The molecule has 0 unspecified atom stereocenters. The lowest BCUT2D eigenvalue weighted by Gasteiger charge is -2.44. The van der Waals surface area contributed by atoms with Crippen LogP contribution in [0, 0.1) is 11.3 Å². The number of carbonyl (C=O) groups is 2. The molecule has 0 bridgehead atoms. The molecule has 49 heavy (non-hydrogen) atoms. The van der Waals surface area contributed by atoms with Gasteiger partial charge in [-0.15, -0.1) is 11.3 Å². The topological polar surface area (TPSA) is 186 Å². The van der Waals surface area contributed by atoms with Gasteiger partial charge in [0.1, 0.15) is 34.3 Å². The molecular weight excluding hydrogens is 646 g/mol. The zero-order chi connectivity index (χ0) is 35.8. The maximum absolute atomic E-state index is 13.6. The number of aryl methyl sites for hydroxylation is 1. The van der Waals surface area contributed by atoms with Crippen LogP contribution in [-0.4, -0.2) is 94.2 Å². The van der Waals surface area contributed by atoms with Crippen molar-refractivity contribution in [3.05, 3.63) is 27.8 Å². The number of nitrogens with zero attached hydrogens (tertiary/aromatic N) is 7. The molecule has 266 valence electrons. The van der Waals surface area contributed by atoms with Gasteiger partial charge >= 0.3 is 18.1 Å². The lowest BCUT2D eigenvalue weighted by molar-refractivity contribution is -0.150. The minimum absolute atomic E-state index is 0.121. The zero-order valence-corrected chi connectivity index (χ0v) is 30.6. The molecule has 5 rings (SSSR count). The molecule has 4 heterocycles. The Balaban J connectivity index is 1.43. The second kappa shape index (κ2) is 14.0. The van der Waals surface area contributed by atoms with E-state index in [1.54, 1.807) is 17.9 Å². The summed E-state index contributed by atoms with van der Waals surface area (Å²) in [7, 11) is 2.08. The van der Waals surface area contributed by atoms with Crippen LogP contribution in [-0.2, 0) is 26.2 Å². The summed E-state index contributed by atoms with van der Waals surface area (Å²) in [6.45, 7) is 15.1. The highest BCUT2D eigenvalue weighted by Gasteiger charge is 2.45. The molecule has 5 atom stereocenters. The first-order chi connectivity index (χ1) is 23.0. The van der Waals surface area contributed by atoms with Gasteiger partial charge in [-0.25, -0.2) is 9.59 Å². The van der Waals surface area contributed by atoms with Crippen LogP contribution < -0.4 is 21.1 Å². The molecule has 0 spiro atoms. The van der Waals surface area contributed by atoms with Crippen molar-refractivity contribution < 1.29 is 23.9 Å². The SMILES string of the molecule is C[C@H](Oc1nc(/C(N)=N/OC(=O)[C@@]2(C)CCCc3sc(N)c(C#N)c32)cc(N2C[C@@H](C)N(C(=O)OC(C)(C)C)C[C@@H]2C)n1)[C@@H]1CCCN1C. The number of amidine groups is 1. The molecule has 14 nitrogen and oxygen atoms in total. The van der Waals surface area contributed by atoms with Crippen LogP contribution in [0.2, 0.25) is 0 Å². The van der Waals surface area contributed by atoms with Gasteiger partial charge in [0.25, 0.3) is 0 Å². The Hall–Kier alpha value is -4.16. The van der Waals surface area contributed by atoms with E-state index < -0.39 is 17.0 Å². The molecule has 0 aromatic carbocycles. The summed E-state index contributed by atoms with van der Waals surface area (Å²) in [6.07, 6.45) is 3.47. The first kappa shape index (κ1) is 36.1. The largest absolute Gasteiger partial charge is 0.459 e. The van der Waals surface area contributed by atoms with E-state index >= 15 is 0 Å². The monoisotopic (exact) mass is 695 g/mol. The van der Waals surface area contributed by atoms with Crippen molar-refractivity contribution in [3.63, 3.8) is 0 Å². The van der Waals surface area contributed by atoms with E-state index in [2.05, 4.69) is 33.1 Å². The molecule has 1 aliphatic carbocycles. The number of ether oxygens (including phenoxy) is 2. The number of nitriles is 1. The average molecular weight is 696 g/mol. The van der Waals surface area contributed by atoms with Gasteiger partial charge in [0.15, 0.2) is 5.84 Å². The number of amides is 1. The molecule has 0 radical (unpaired) electrons. The number of likely N-dealkylation sites (tertiary alicyclic amines) is 1. The fraction of sp³-hybridized carbons (Fsp3) is 0.647. The van der Waals surface area contributed by atoms with Crippen molar-refractivity contribution in [2.45, 2.75) is 116 Å². The van der Waals surface area contributed by atoms with Crippen LogP contribution in [0.1, 0.15) is 95.8 Å². The van der Waals surface area contributed by atoms with E-state index in [9.17, 15) is 14.9 Å². The van der Waals surface area contributed by atoms with Crippen LogP contribution in [0.25, 0.3) is 0 Å². The van der Waals surface area contributed by atoms with Gasteiger partial charge in [-0.3, -0.25) is 4.90 Å². The number of likely N-dealkylation sites (N-methyl/N-ethyl adjacent to an activating group) is 1. The lowest BCUT2D eigenvalue weighted by Crippen LogP contribution is -2.59. The molecule has 2 aromatic heterocycles. The summed E-state index contributed by atoms with van der Waals surface area (Å²) in [5.41, 5.74) is 12.0. The Kier molecular flexibility index (Phi) is 10.3. The number of hydrogen-bond acceptors (Lipinski definition) is 13. The number of thiophene rings is 1. The minimum atomic E-state index is -1.11. The molecule has 2 saturated heterocycles. The summed E-state index contributed by atoms with van der Waals surface area (Å²) in [5, 5.41) is 14.2. The molecule has 2 aliphatic heterocycles. The Morgan fingerprint density at radius 2 is 1.94 bits per heavy atom. The van der Waals surface area contributed by atoms with Crippen LogP contribution in [0.3, 0.4) is 0 Å². The summed E-state index contributed by atoms with van der Waals surface area (Å²) in [4.78, 5) is 48.5. The summed E-state index contributed by atoms with van der Waals surface area (Å²) >= 11 is 1.34. The van der Waals surface area contributed by atoms with Gasteiger partial charge < -0.3 is 35.6 Å². The normalized spacial score (nSPS) is 25.4. The first-order valence-electron chi connectivity index (χ1n) is 16.9. The smallest absolute Gasteiger partial charge is 0.410 e. The molecule has 2 fully saturated rings. The Morgan fingerprint density at radius 1 is 1.20 bits per heavy atom. The van der Waals surface area contributed by atoms with Crippen molar-refractivity contribution in [1.29, 1.82) is 5.26 Å². The highest BCUT2D eigenvalue weighted by molar-refractivity contribution is 7.16. The highest BCUT2D eigenvalue weighted by Crippen LogP contribution is 2.46. The predicted molar refractivity (Wildman–Crippen MR) is 188 cm³/mol. The predicted octanol–water partition coefficient (Wildman–Crippen LogP) is 4.15. The third-order valence-electron chi connectivity index (χ3n) is 9.70. The number of hydrogen-bond donors (Lipinski definition) is 2. The quantitative estimate of drug-likeness (QED) is 0.183. The number of piperazine rings is 1. The molecule has 3 aliphatic rings. The number of aromatic nitrogens is 2. The number of carbonyl (C=O) groups excluding carboxylic acids is 2. The van der Waals surface area contributed by atoms with E-state index in [4.69, 9.17) is 30.8 Å². The van der Waals surface area contributed by atoms with Gasteiger partial charge in [-0.1, -0.05) is 5.16 Å². The van der Waals surface area contributed by atoms with Crippen LogP contribution in [0.4, 0.5) is 15.6 Å². The van der Waals surface area contributed by atoms with Gasteiger partial charge in [0, 0.05) is 47.7 Å². The number of nitrogen functional groups attached to an aromatic ring is 1. The maximum atomic E-state index is 13.6. The Bertz CT molecular complexity index is 1650. The Morgan fingerprint density at radius 3 is 2.59 bits per heavy atom. The average Bonchev–Trinajstić information content (AvgIpc) is 3.61. The standard InChI is InChI=1S/C34H49N9O5S/c1-19-18-43(32(45)47-33(4,5)6)20(2)17-42(19)26-15-23(38-31(39-26)46-21(3)24-11-10-14-41(24)8)28(36)40-48-30(44)34(7)13-9-12-25-27(34)22(16-35)29(37)49-25/h15,19-21,24H,9-14,17-18,37H2,1-8H3,(H2,36,40)/t19-,20+,21-,24-,34-/m0/s1. The van der Waals surface area contributed by atoms with E-state index in [1.807, 2.05) is 41.5 Å². The number of fused-ring (bicyclic) bond motifs is 1. The van der Waals surface area contributed by atoms with E-state index in [-0.39, 0.29) is 47.9 Å². The van der Waals surface area contributed by atoms with Crippen LogP contribution in [0.5, 0.6) is 6.01 Å². The van der Waals surface area contributed by atoms with Crippen molar-refractivity contribution in [1.82, 2.24) is 19.8 Å². The van der Waals surface area contributed by atoms with Crippen LogP contribution >= 0.6 is 11.3 Å². The van der Waals surface area contributed by atoms with Crippen molar-refractivity contribution in [2.24, 2.45) is 10.9 Å². The molecular formula is C34H49N9O5S. The van der Waals surface area contributed by atoms with Crippen molar-refractivity contribution in [3.8, 4) is 12.1 Å². The van der Waals surface area contributed by atoms with Gasteiger partial charge in [-0.2, -0.15) is 15.2 Å². The van der Waals surface area contributed by atoms with Gasteiger partial charge in [0.05, 0.1) is 11.0 Å². The third kappa shape index (κ3) is 7.55. The number of rotatable bonds is 7. The van der Waals surface area contributed by atoms with Crippen LogP contribution in [0.15, 0.2) is 11.2 Å². The highest BCUT2D eigenvalue weighted by atomic mass is 32.1. The number of anilines is 2. The van der Waals surface area contributed by atoms with E-state index in [0.29, 0.717) is 41.5 Å². The first-order valence-corrected chi connectivity index (χ1v) is 17.7. The molecule has 4 N–H and O–H groups in total. The lowest BCUT2D eigenvalue weighted by atomic mass is 9.72. The zero-order valence-electron chi connectivity index (χ0n) is 29.8. The summed E-state index contributed by atoms with van der Waals surface area (Å²) < 4.78 is 12.0. The minimum Gasteiger partial charge on any atom is -0.459 e. The maximum Gasteiger partial charge on any atom is 0.410 e. The summed E-state index contributed by atoms with van der Waals surface area (Å²) in [6, 6.07) is 3.85. The van der Waals surface area contributed by atoms with Crippen molar-refractivity contribution in [2.75, 3.05) is 37.3 Å². The molecule has 15 heteroatoms. The van der Waals surface area contributed by atoms with Gasteiger partial charge in [-0.05, 0) is 94.2 Å². The van der Waals surface area contributed by atoms with Crippen molar-refractivity contribution >= 4 is 40.1 Å². The molecule has 0 saturated carbocycles. The second-order valence-corrected chi connectivity index (χ2v) is 15.8. The Labute approximate surface area is 292 Å².